The van der Waals surface area contributed by atoms with Crippen molar-refractivity contribution < 1.29 is 18.1 Å². The van der Waals surface area contributed by atoms with Crippen molar-refractivity contribution in [2.45, 2.75) is 12.8 Å². The quantitative estimate of drug-likeness (QED) is 0.777. The molecule has 2 aromatic heterocycles. The molecule has 2 heterocycles. The molecule has 0 radical (unpaired) electrons. The molecule has 3 aromatic rings. The molecule has 5 nitrogen and oxygen atoms in total. The van der Waals surface area contributed by atoms with E-state index in [2.05, 4.69) is 15.5 Å². The molecule has 0 spiro atoms. The molecule has 0 aliphatic carbocycles. The van der Waals surface area contributed by atoms with Crippen LogP contribution in [0.4, 0.5) is 14.7 Å². The Morgan fingerprint density at radius 3 is 2.79 bits per heavy atom. The third-order valence-electron chi connectivity index (χ3n) is 3.31. The van der Waals surface area contributed by atoms with Crippen LogP contribution in [0.2, 0.25) is 0 Å². The Kier molecular flexibility index (Phi) is 4.60. The van der Waals surface area contributed by atoms with E-state index in [1.54, 1.807) is 12.3 Å². The van der Waals surface area contributed by atoms with Crippen molar-refractivity contribution in [2.24, 2.45) is 0 Å². The molecule has 1 aromatic carbocycles. The van der Waals surface area contributed by atoms with Gasteiger partial charge in [0, 0.05) is 36.0 Å². The predicted molar refractivity (Wildman–Crippen MR) is 83.0 cm³/mol. The van der Waals surface area contributed by atoms with Gasteiger partial charge in [0.15, 0.2) is 0 Å². The average Bonchev–Trinajstić information content (AvgIpc) is 3.02. The van der Waals surface area contributed by atoms with Crippen molar-refractivity contribution >= 4 is 11.8 Å². The van der Waals surface area contributed by atoms with Crippen LogP contribution in [0.3, 0.4) is 0 Å². The largest absolute Gasteiger partial charge is 0.338 e. The molecule has 3 rings (SSSR count). The molecule has 0 saturated heterocycles. The fourth-order valence-electron chi connectivity index (χ4n) is 2.15. The van der Waals surface area contributed by atoms with Gasteiger partial charge in [0.1, 0.15) is 17.3 Å². The van der Waals surface area contributed by atoms with Crippen LogP contribution >= 0.6 is 0 Å². The zero-order chi connectivity index (χ0) is 16.9. The smallest absolute Gasteiger partial charge is 0.231 e. The summed E-state index contributed by atoms with van der Waals surface area (Å²) < 4.78 is 31.6. The fourth-order valence-corrected chi connectivity index (χ4v) is 2.15. The molecule has 0 aliphatic heterocycles. The minimum absolute atomic E-state index is 0.0918. The van der Waals surface area contributed by atoms with Gasteiger partial charge in [-0.15, -0.1) is 0 Å². The second-order valence-corrected chi connectivity index (χ2v) is 5.07. The predicted octanol–water partition coefficient (Wildman–Crippen LogP) is 3.59. The Morgan fingerprint density at radius 2 is 2.04 bits per heavy atom. The molecule has 24 heavy (non-hydrogen) atoms. The van der Waals surface area contributed by atoms with Gasteiger partial charge in [0.2, 0.25) is 11.8 Å². The molecule has 122 valence electrons. The molecule has 0 aliphatic rings. The number of hydrogen-bond acceptors (Lipinski definition) is 4. The summed E-state index contributed by atoms with van der Waals surface area (Å²) in [5, 5.41) is 6.22. The van der Waals surface area contributed by atoms with Gasteiger partial charge in [0.05, 0.1) is 0 Å². The Balaban J connectivity index is 1.62. The first kappa shape index (κ1) is 15.8. The summed E-state index contributed by atoms with van der Waals surface area (Å²) in [6.45, 7) is 0. The van der Waals surface area contributed by atoms with Crippen molar-refractivity contribution in [3.63, 3.8) is 0 Å². The van der Waals surface area contributed by atoms with Crippen molar-refractivity contribution in [1.29, 1.82) is 0 Å². The number of anilines is 1. The van der Waals surface area contributed by atoms with E-state index >= 15 is 0 Å². The molecular weight excluding hydrogens is 316 g/mol. The highest BCUT2D eigenvalue weighted by molar-refractivity contribution is 5.89. The lowest BCUT2D eigenvalue weighted by Crippen LogP contribution is -2.12. The van der Waals surface area contributed by atoms with Crippen LogP contribution in [-0.2, 0) is 11.2 Å². The van der Waals surface area contributed by atoms with Crippen LogP contribution in [0.5, 0.6) is 0 Å². The first-order valence-electron chi connectivity index (χ1n) is 7.24. The number of benzene rings is 1. The number of halogens is 2. The summed E-state index contributed by atoms with van der Waals surface area (Å²) in [5.74, 6) is -1.61. The van der Waals surface area contributed by atoms with Gasteiger partial charge in [-0.25, -0.2) is 8.78 Å². The maximum absolute atomic E-state index is 13.7. The minimum Gasteiger partial charge on any atom is -0.338 e. The van der Waals surface area contributed by atoms with Crippen molar-refractivity contribution in [3.8, 4) is 11.3 Å². The van der Waals surface area contributed by atoms with E-state index in [1.807, 2.05) is 12.1 Å². The summed E-state index contributed by atoms with van der Waals surface area (Å²) in [7, 11) is 0. The van der Waals surface area contributed by atoms with Gasteiger partial charge in [-0.1, -0.05) is 11.2 Å². The van der Waals surface area contributed by atoms with E-state index in [1.165, 1.54) is 12.1 Å². The number of nitrogens with zero attached hydrogens (tertiary/aromatic N) is 2. The first-order chi connectivity index (χ1) is 11.6. The lowest BCUT2D eigenvalue weighted by molar-refractivity contribution is -0.116. The van der Waals surface area contributed by atoms with Gasteiger partial charge in [-0.2, -0.15) is 0 Å². The number of aryl methyl sites for hydroxylation is 1. The normalized spacial score (nSPS) is 10.6. The topological polar surface area (TPSA) is 68.0 Å². The maximum Gasteiger partial charge on any atom is 0.231 e. The Hall–Kier alpha value is -3.09. The zero-order valence-corrected chi connectivity index (χ0v) is 12.5. The number of hydrogen-bond donors (Lipinski definition) is 1. The van der Waals surface area contributed by atoms with Gasteiger partial charge in [0.25, 0.3) is 0 Å². The molecule has 1 amide bonds. The number of pyridine rings is 1. The molecular formula is C17H13F2N3O2. The number of carbonyl (C=O) groups excluding carboxylic acids is 1. The van der Waals surface area contributed by atoms with Crippen LogP contribution in [0.25, 0.3) is 11.3 Å². The summed E-state index contributed by atoms with van der Waals surface area (Å²) >= 11 is 0. The van der Waals surface area contributed by atoms with Crippen LogP contribution in [0.1, 0.15) is 12.1 Å². The molecule has 1 N–H and O–H groups in total. The van der Waals surface area contributed by atoms with Crippen LogP contribution in [-0.4, -0.2) is 16.0 Å². The number of amides is 1. The second kappa shape index (κ2) is 6.99. The Labute approximate surface area is 136 Å². The Bertz CT molecular complexity index is 850. The van der Waals surface area contributed by atoms with E-state index in [4.69, 9.17) is 4.52 Å². The lowest BCUT2D eigenvalue weighted by atomic mass is 10.1. The standard InChI is InChI=1S/C17H13F2N3O2/c18-11-4-6-13(14(19)9-11)15-10-17(24-22-15)21-16(23)7-5-12-3-1-2-8-20-12/h1-4,6,8-10H,5,7H2,(H,21,23). The summed E-state index contributed by atoms with van der Waals surface area (Å²) in [4.78, 5) is 16.0. The fraction of sp³-hybridized carbons (Fsp3) is 0.118. The third-order valence-corrected chi connectivity index (χ3v) is 3.31. The van der Waals surface area contributed by atoms with E-state index < -0.39 is 11.6 Å². The maximum atomic E-state index is 13.7. The highest BCUT2D eigenvalue weighted by atomic mass is 19.1. The van der Waals surface area contributed by atoms with Crippen molar-refractivity contribution in [1.82, 2.24) is 10.1 Å². The number of nitrogens with one attached hydrogen (secondary N) is 1. The lowest BCUT2D eigenvalue weighted by Gasteiger charge is -2.00. The summed E-state index contributed by atoms with van der Waals surface area (Å²) in [5.41, 5.74) is 1.07. The molecule has 0 fully saturated rings. The summed E-state index contributed by atoms with van der Waals surface area (Å²) in [6.07, 6.45) is 2.37. The first-order valence-corrected chi connectivity index (χ1v) is 7.24. The minimum atomic E-state index is -0.753. The van der Waals surface area contributed by atoms with Gasteiger partial charge < -0.3 is 4.52 Å². The van der Waals surface area contributed by atoms with E-state index in [-0.39, 0.29) is 29.5 Å². The molecule has 0 atom stereocenters. The van der Waals surface area contributed by atoms with Gasteiger partial charge in [-0.05, 0) is 30.7 Å². The number of carbonyl (C=O) groups is 1. The molecule has 0 unspecified atom stereocenters. The molecule has 0 bridgehead atoms. The van der Waals surface area contributed by atoms with E-state index in [0.717, 1.165) is 17.8 Å². The zero-order valence-electron chi connectivity index (χ0n) is 12.5. The third kappa shape index (κ3) is 3.81. The SMILES string of the molecule is O=C(CCc1ccccn1)Nc1cc(-c2ccc(F)cc2F)no1. The van der Waals surface area contributed by atoms with E-state index in [0.29, 0.717) is 6.42 Å². The monoisotopic (exact) mass is 329 g/mol. The number of aromatic nitrogens is 2. The highest BCUT2D eigenvalue weighted by Crippen LogP contribution is 2.25. The van der Waals surface area contributed by atoms with Crippen molar-refractivity contribution in [2.75, 3.05) is 5.32 Å². The van der Waals surface area contributed by atoms with Gasteiger partial charge in [-0.3, -0.25) is 15.1 Å². The Morgan fingerprint density at radius 1 is 1.17 bits per heavy atom. The molecule has 7 heteroatoms. The average molecular weight is 329 g/mol. The second-order valence-electron chi connectivity index (χ2n) is 5.07. The van der Waals surface area contributed by atoms with Crippen LogP contribution < -0.4 is 5.32 Å². The van der Waals surface area contributed by atoms with Crippen LogP contribution in [0.15, 0.2) is 53.2 Å². The van der Waals surface area contributed by atoms with E-state index in [9.17, 15) is 13.6 Å². The van der Waals surface area contributed by atoms with Crippen molar-refractivity contribution in [3.05, 3.63) is 66.0 Å². The highest BCUT2D eigenvalue weighted by Gasteiger charge is 2.13. The molecule has 0 saturated carbocycles. The summed E-state index contributed by atoms with van der Waals surface area (Å²) in [6, 6.07) is 10.0. The van der Waals surface area contributed by atoms with Crippen LogP contribution in [0, 0.1) is 11.6 Å². The van der Waals surface area contributed by atoms with Gasteiger partial charge >= 0.3 is 0 Å². The number of rotatable bonds is 5.